The van der Waals surface area contributed by atoms with Gasteiger partial charge in [-0.2, -0.15) is 0 Å². The second-order valence-corrected chi connectivity index (χ2v) is 9.02. The Balaban J connectivity index is 0.00000192. The lowest BCUT2D eigenvalue weighted by molar-refractivity contribution is -0.145. The van der Waals surface area contributed by atoms with Gasteiger partial charge in [0.05, 0.1) is 11.7 Å². The number of nitrogens with zero attached hydrogens (tertiary/aromatic N) is 2. The number of fused-ring (bicyclic) bond motifs is 1. The number of hydrogen-bond acceptors (Lipinski definition) is 4. The van der Waals surface area contributed by atoms with Crippen LogP contribution in [-0.4, -0.2) is 69.1 Å². The van der Waals surface area contributed by atoms with Crippen LogP contribution in [0.4, 0.5) is 0 Å². The van der Waals surface area contributed by atoms with Crippen molar-refractivity contribution in [3.63, 3.8) is 0 Å². The second-order valence-electron chi connectivity index (χ2n) is 7.04. The van der Waals surface area contributed by atoms with Crippen LogP contribution in [0.3, 0.4) is 0 Å². The van der Waals surface area contributed by atoms with Crippen LogP contribution in [0.5, 0.6) is 0 Å². The zero-order valence-corrected chi connectivity index (χ0v) is 15.4. The number of rotatable bonds is 2. The predicted octanol–water partition coefficient (Wildman–Crippen LogP) is 0.682. The van der Waals surface area contributed by atoms with E-state index in [-0.39, 0.29) is 23.7 Å². The lowest BCUT2D eigenvalue weighted by atomic mass is 9.67. The molecule has 0 bridgehead atoms. The van der Waals surface area contributed by atoms with Gasteiger partial charge in [0.1, 0.15) is 0 Å². The molecule has 2 atom stereocenters. The number of halogens is 1. The van der Waals surface area contributed by atoms with Gasteiger partial charge in [-0.25, -0.2) is 12.7 Å². The average Bonchev–Trinajstić information content (AvgIpc) is 2.75. The fourth-order valence-corrected chi connectivity index (χ4v) is 5.29. The smallest absolute Gasteiger partial charge is 0.230 e. The van der Waals surface area contributed by atoms with Crippen molar-refractivity contribution in [3.05, 3.63) is 0 Å². The lowest BCUT2D eigenvalue weighted by Crippen LogP contribution is -2.50. The van der Waals surface area contributed by atoms with Gasteiger partial charge in [-0.3, -0.25) is 4.79 Å². The molecule has 3 rings (SSSR count). The molecule has 6 nitrogen and oxygen atoms in total. The Kier molecular flexibility index (Phi) is 5.98. The van der Waals surface area contributed by atoms with Gasteiger partial charge in [0, 0.05) is 32.7 Å². The van der Waals surface area contributed by atoms with Crippen molar-refractivity contribution >= 4 is 28.3 Å². The van der Waals surface area contributed by atoms with E-state index in [4.69, 9.17) is 0 Å². The zero-order valence-electron chi connectivity index (χ0n) is 13.8. The molecule has 0 unspecified atom stereocenters. The molecule has 23 heavy (non-hydrogen) atoms. The predicted molar refractivity (Wildman–Crippen MR) is 92.1 cm³/mol. The van der Waals surface area contributed by atoms with Crippen LogP contribution < -0.4 is 5.32 Å². The molecule has 2 saturated heterocycles. The van der Waals surface area contributed by atoms with Crippen LogP contribution in [0.1, 0.15) is 32.1 Å². The quantitative estimate of drug-likeness (QED) is 0.781. The van der Waals surface area contributed by atoms with E-state index in [1.807, 2.05) is 4.90 Å². The Labute approximate surface area is 145 Å². The largest absolute Gasteiger partial charge is 0.341 e. The molecule has 0 radical (unpaired) electrons. The van der Waals surface area contributed by atoms with E-state index in [9.17, 15) is 13.2 Å². The Bertz CT molecular complexity index is 542. The molecule has 1 N–H and O–H groups in total. The molecular formula is C15H28ClN3O3S. The summed E-state index contributed by atoms with van der Waals surface area (Å²) in [6.07, 6.45) is 6.46. The van der Waals surface area contributed by atoms with E-state index in [1.165, 1.54) is 17.0 Å². The summed E-state index contributed by atoms with van der Waals surface area (Å²) in [7, 11) is -3.16. The van der Waals surface area contributed by atoms with E-state index in [1.54, 1.807) is 0 Å². The molecular weight excluding hydrogens is 338 g/mol. The van der Waals surface area contributed by atoms with Crippen molar-refractivity contribution in [1.29, 1.82) is 0 Å². The van der Waals surface area contributed by atoms with E-state index in [2.05, 4.69) is 5.32 Å². The Morgan fingerprint density at radius 2 is 1.91 bits per heavy atom. The molecule has 0 aromatic rings. The summed E-state index contributed by atoms with van der Waals surface area (Å²) in [5.74, 6) is 0.723. The maximum absolute atomic E-state index is 13.2. The summed E-state index contributed by atoms with van der Waals surface area (Å²) in [4.78, 5) is 15.1. The van der Waals surface area contributed by atoms with Gasteiger partial charge in [0.25, 0.3) is 0 Å². The minimum absolute atomic E-state index is 0. The van der Waals surface area contributed by atoms with Crippen molar-refractivity contribution in [2.45, 2.75) is 32.1 Å². The average molecular weight is 366 g/mol. The van der Waals surface area contributed by atoms with Gasteiger partial charge in [0.2, 0.25) is 15.9 Å². The lowest BCUT2D eigenvalue weighted by Gasteiger charge is -2.40. The second kappa shape index (κ2) is 7.25. The summed E-state index contributed by atoms with van der Waals surface area (Å²) in [5.41, 5.74) is -0.224. The normalized spacial score (nSPS) is 32.7. The number of nitrogens with one attached hydrogen (secondary N) is 1. The summed E-state index contributed by atoms with van der Waals surface area (Å²) in [6, 6.07) is 0. The fraction of sp³-hybridized carbons (Fsp3) is 0.933. The van der Waals surface area contributed by atoms with Gasteiger partial charge in [0.15, 0.2) is 0 Å². The summed E-state index contributed by atoms with van der Waals surface area (Å²) in [6.45, 7) is 3.91. The highest BCUT2D eigenvalue weighted by Gasteiger charge is 2.51. The summed E-state index contributed by atoms with van der Waals surface area (Å²) >= 11 is 0. The maximum atomic E-state index is 13.2. The Morgan fingerprint density at radius 3 is 2.65 bits per heavy atom. The van der Waals surface area contributed by atoms with Crippen molar-refractivity contribution in [2.75, 3.05) is 45.5 Å². The van der Waals surface area contributed by atoms with Crippen LogP contribution >= 0.6 is 12.4 Å². The molecule has 1 amide bonds. The van der Waals surface area contributed by atoms with Gasteiger partial charge < -0.3 is 10.2 Å². The highest BCUT2D eigenvalue weighted by Crippen LogP contribution is 2.45. The fourth-order valence-electron chi connectivity index (χ4n) is 4.41. The van der Waals surface area contributed by atoms with Crippen LogP contribution in [0.2, 0.25) is 0 Å². The molecule has 0 aromatic carbocycles. The molecule has 1 aliphatic carbocycles. The Hall–Kier alpha value is -0.370. The van der Waals surface area contributed by atoms with Gasteiger partial charge in [-0.1, -0.05) is 12.8 Å². The van der Waals surface area contributed by atoms with E-state index in [0.29, 0.717) is 32.1 Å². The first-order valence-corrected chi connectivity index (χ1v) is 10.2. The standard InChI is InChI=1S/C15H27N3O3S.ClH/c1-22(20,21)18-8-4-7-17(9-10-18)14(19)15-6-3-2-5-13(15)11-16-12-15;/h13,16H,2-12H2,1H3;1H/t13-,15+;/m0./s1. The third-order valence-electron chi connectivity index (χ3n) is 5.68. The molecule has 2 aliphatic heterocycles. The third-order valence-corrected chi connectivity index (χ3v) is 6.98. The zero-order chi connectivity index (χ0) is 15.8. The number of carbonyl (C=O) groups is 1. The highest BCUT2D eigenvalue weighted by atomic mass is 35.5. The van der Waals surface area contributed by atoms with Crippen LogP contribution in [0.25, 0.3) is 0 Å². The molecule has 0 aromatic heterocycles. The number of sulfonamides is 1. The summed E-state index contributed by atoms with van der Waals surface area (Å²) in [5, 5.41) is 3.42. The number of hydrogen-bond donors (Lipinski definition) is 1. The van der Waals surface area contributed by atoms with Crippen LogP contribution in [0, 0.1) is 11.3 Å². The SMILES string of the molecule is CS(=O)(=O)N1CCCN(C(=O)[C@@]23CCCC[C@H]2CNC3)CC1.Cl. The minimum Gasteiger partial charge on any atom is -0.341 e. The number of carbonyl (C=O) groups excluding carboxylic acids is 1. The molecule has 3 fully saturated rings. The van der Waals surface area contributed by atoms with Crippen molar-refractivity contribution in [2.24, 2.45) is 11.3 Å². The maximum Gasteiger partial charge on any atom is 0.230 e. The van der Waals surface area contributed by atoms with Gasteiger partial charge in [-0.15, -0.1) is 12.4 Å². The summed E-state index contributed by atoms with van der Waals surface area (Å²) < 4.78 is 24.9. The molecule has 0 spiro atoms. The third kappa shape index (κ3) is 3.67. The van der Waals surface area contributed by atoms with E-state index in [0.717, 1.165) is 38.8 Å². The first-order valence-electron chi connectivity index (χ1n) is 8.39. The first-order chi connectivity index (χ1) is 10.4. The highest BCUT2D eigenvalue weighted by molar-refractivity contribution is 7.88. The van der Waals surface area contributed by atoms with Crippen molar-refractivity contribution < 1.29 is 13.2 Å². The first kappa shape index (κ1) is 19.0. The van der Waals surface area contributed by atoms with Gasteiger partial charge >= 0.3 is 0 Å². The molecule has 8 heteroatoms. The topological polar surface area (TPSA) is 69.7 Å². The monoisotopic (exact) mass is 365 g/mol. The van der Waals surface area contributed by atoms with Crippen LogP contribution in [0.15, 0.2) is 0 Å². The molecule has 134 valence electrons. The Morgan fingerprint density at radius 1 is 1.13 bits per heavy atom. The molecule has 1 saturated carbocycles. The van der Waals surface area contributed by atoms with E-state index >= 15 is 0 Å². The van der Waals surface area contributed by atoms with Crippen molar-refractivity contribution in [1.82, 2.24) is 14.5 Å². The van der Waals surface area contributed by atoms with Crippen LogP contribution in [-0.2, 0) is 14.8 Å². The van der Waals surface area contributed by atoms with Crippen molar-refractivity contribution in [3.8, 4) is 0 Å². The minimum atomic E-state index is -3.16. The van der Waals surface area contributed by atoms with E-state index < -0.39 is 10.0 Å². The molecule has 3 aliphatic rings. The van der Waals surface area contributed by atoms with Gasteiger partial charge in [-0.05, 0) is 31.7 Å². The molecule has 2 heterocycles. The number of amides is 1.